The lowest BCUT2D eigenvalue weighted by molar-refractivity contribution is -0.117. The number of benzene rings is 1. The second kappa shape index (κ2) is 4.84. The van der Waals surface area contributed by atoms with E-state index < -0.39 is 0 Å². The first-order valence-electron chi connectivity index (χ1n) is 6.14. The van der Waals surface area contributed by atoms with E-state index in [2.05, 4.69) is 15.4 Å². The van der Waals surface area contributed by atoms with Gasteiger partial charge in [0, 0.05) is 11.6 Å². The summed E-state index contributed by atoms with van der Waals surface area (Å²) < 4.78 is 12.3. The van der Waals surface area contributed by atoms with Gasteiger partial charge in [-0.3, -0.25) is 10.1 Å². The van der Waals surface area contributed by atoms with Gasteiger partial charge in [-0.05, 0) is 12.1 Å². The number of fused-ring (bicyclic) bond motifs is 1. The molecule has 2 heterocycles. The van der Waals surface area contributed by atoms with Crippen LogP contribution in [0, 0.1) is 0 Å². The zero-order valence-electron chi connectivity index (χ0n) is 11.2. The lowest BCUT2D eigenvalue weighted by Crippen LogP contribution is -2.29. The number of methoxy groups -OCH3 is 2. The third-order valence-electron chi connectivity index (χ3n) is 3.30. The van der Waals surface area contributed by atoms with Crippen LogP contribution in [0.5, 0.6) is 11.5 Å². The SMILES string of the molecule is COc1ccc([C@H]2CC(=O)Nc3ncnn32)c(OC)c1. The number of nitrogens with one attached hydrogen (secondary N) is 1. The third kappa shape index (κ3) is 1.97. The van der Waals surface area contributed by atoms with E-state index in [1.165, 1.54) is 6.33 Å². The Balaban J connectivity index is 2.08. The van der Waals surface area contributed by atoms with Crippen molar-refractivity contribution in [3.05, 3.63) is 30.1 Å². The number of hydrogen-bond donors (Lipinski definition) is 1. The summed E-state index contributed by atoms with van der Waals surface area (Å²) in [6, 6.07) is 5.27. The highest BCUT2D eigenvalue weighted by Crippen LogP contribution is 2.35. The molecule has 3 rings (SSSR count). The van der Waals surface area contributed by atoms with Crippen LogP contribution in [-0.4, -0.2) is 34.9 Å². The molecule has 0 spiro atoms. The predicted molar refractivity (Wildman–Crippen MR) is 71.0 cm³/mol. The molecule has 0 aliphatic carbocycles. The van der Waals surface area contributed by atoms with Crippen molar-refractivity contribution in [2.45, 2.75) is 12.5 Å². The normalized spacial score (nSPS) is 17.3. The number of carbonyl (C=O) groups excluding carboxylic acids is 1. The maximum absolute atomic E-state index is 11.8. The summed E-state index contributed by atoms with van der Waals surface area (Å²) in [7, 11) is 3.18. The first-order valence-corrected chi connectivity index (χ1v) is 6.14. The van der Waals surface area contributed by atoms with E-state index in [4.69, 9.17) is 9.47 Å². The number of ether oxygens (including phenoxy) is 2. The Morgan fingerprint density at radius 1 is 1.35 bits per heavy atom. The molecule has 1 aliphatic rings. The smallest absolute Gasteiger partial charge is 0.229 e. The molecule has 2 aromatic rings. The van der Waals surface area contributed by atoms with Crippen molar-refractivity contribution in [2.24, 2.45) is 0 Å². The van der Waals surface area contributed by atoms with Crippen LogP contribution in [0.15, 0.2) is 24.5 Å². The summed E-state index contributed by atoms with van der Waals surface area (Å²) in [6.07, 6.45) is 1.71. The number of carbonyl (C=O) groups is 1. The van der Waals surface area contributed by atoms with Gasteiger partial charge in [0.2, 0.25) is 11.9 Å². The van der Waals surface area contributed by atoms with Crippen LogP contribution in [0.1, 0.15) is 18.0 Å². The largest absolute Gasteiger partial charge is 0.497 e. The lowest BCUT2D eigenvalue weighted by Gasteiger charge is -2.25. The van der Waals surface area contributed by atoms with Gasteiger partial charge in [0.25, 0.3) is 0 Å². The number of nitrogens with zero attached hydrogens (tertiary/aromatic N) is 3. The van der Waals surface area contributed by atoms with Crippen molar-refractivity contribution in [1.29, 1.82) is 0 Å². The summed E-state index contributed by atoms with van der Waals surface area (Å²) in [5, 5.41) is 6.86. The fourth-order valence-electron chi connectivity index (χ4n) is 2.34. The summed E-state index contributed by atoms with van der Waals surface area (Å²) in [4.78, 5) is 15.8. The molecule has 104 valence electrons. The molecule has 1 aliphatic heterocycles. The molecule has 7 heteroatoms. The molecule has 1 aromatic carbocycles. The minimum atomic E-state index is -0.234. The van der Waals surface area contributed by atoms with Gasteiger partial charge in [0.05, 0.1) is 26.7 Å². The predicted octanol–water partition coefficient (Wildman–Crippen LogP) is 1.23. The number of hydrogen-bond acceptors (Lipinski definition) is 5. The van der Waals surface area contributed by atoms with E-state index in [-0.39, 0.29) is 11.9 Å². The van der Waals surface area contributed by atoms with Crippen LogP contribution in [0.4, 0.5) is 5.95 Å². The van der Waals surface area contributed by atoms with E-state index in [1.807, 2.05) is 12.1 Å². The molecule has 0 saturated heterocycles. The Morgan fingerprint density at radius 3 is 2.95 bits per heavy atom. The van der Waals surface area contributed by atoms with Crippen LogP contribution >= 0.6 is 0 Å². The Morgan fingerprint density at radius 2 is 2.20 bits per heavy atom. The van der Waals surface area contributed by atoms with E-state index in [9.17, 15) is 4.79 Å². The molecule has 1 amide bonds. The molecule has 0 fully saturated rings. The highest BCUT2D eigenvalue weighted by molar-refractivity contribution is 5.91. The highest BCUT2D eigenvalue weighted by Gasteiger charge is 2.29. The molecule has 1 aromatic heterocycles. The highest BCUT2D eigenvalue weighted by atomic mass is 16.5. The monoisotopic (exact) mass is 274 g/mol. The number of anilines is 1. The topological polar surface area (TPSA) is 78.3 Å². The van der Waals surface area contributed by atoms with Crippen LogP contribution in [0.25, 0.3) is 0 Å². The number of aromatic nitrogens is 3. The van der Waals surface area contributed by atoms with Crippen molar-refractivity contribution < 1.29 is 14.3 Å². The molecule has 1 N–H and O–H groups in total. The molecule has 0 saturated carbocycles. The van der Waals surface area contributed by atoms with Gasteiger partial charge in [0.1, 0.15) is 17.8 Å². The van der Waals surface area contributed by atoms with Gasteiger partial charge in [-0.1, -0.05) is 0 Å². The maximum Gasteiger partial charge on any atom is 0.229 e. The molecular formula is C13H14N4O3. The van der Waals surface area contributed by atoms with Crippen molar-refractivity contribution in [3.8, 4) is 11.5 Å². The van der Waals surface area contributed by atoms with Crippen LogP contribution in [0.2, 0.25) is 0 Å². The van der Waals surface area contributed by atoms with Crippen LogP contribution in [-0.2, 0) is 4.79 Å². The van der Waals surface area contributed by atoms with Gasteiger partial charge in [-0.25, -0.2) is 4.68 Å². The fraction of sp³-hybridized carbons (Fsp3) is 0.308. The number of rotatable bonds is 3. The van der Waals surface area contributed by atoms with Gasteiger partial charge >= 0.3 is 0 Å². The van der Waals surface area contributed by atoms with Crippen LogP contribution in [0.3, 0.4) is 0 Å². The first-order chi connectivity index (χ1) is 9.72. The zero-order chi connectivity index (χ0) is 14.1. The lowest BCUT2D eigenvalue weighted by atomic mass is 10.0. The molecule has 0 unspecified atom stereocenters. The molecule has 7 nitrogen and oxygen atoms in total. The van der Waals surface area contributed by atoms with Gasteiger partial charge in [-0.2, -0.15) is 10.1 Å². The minimum absolute atomic E-state index is 0.0895. The Labute approximate surface area is 115 Å². The molecule has 20 heavy (non-hydrogen) atoms. The summed E-state index contributed by atoms with van der Waals surface area (Å²) >= 11 is 0. The van der Waals surface area contributed by atoms with E-state index >= 15 is 0 Å². The summed E-state index contributed by atoms with van der Waals surface area (Å²) in [5.41, 5.74) is 0.870. The summed E-state index contributed by atoms with van der Waals surface area (Å²) in [5.74, 6) is 1.72. The first kappa shape index (κ1) is 12.5. The number of amides is 1. The Kier molecular flexibility index (Phi) is 3.02. The van der Waals surface area contributed by atoms with E-state index in [0.717, 1.165) is 5.56 Å². The second-order valence-electron chi connectivity index (χ2n) is 4.40. The van der Waals surface area contributed by atoms with Gasteiger partial charge < -0.3 is 9.47 Å². The fourth-order valence-corrected chi connectivity index (χ4v) is 2.34. The molecule has 1 atom stereocenters. The summed E-state index contributed by atoms with van der Waals surface area (Å²) in [6.45, 7) is 0. The molecule has 0 bridgehead atoms. The third-order valence-corrected chi connectivity index (χ3v) is 3.30. The van der Waals surface area contributed by atoms with Gasteiger partial charge in [-0.15, -0.1) is 0 Å². The van der Waals surface area contributed by atoms with Crippen molar-refractivity contribution in [1.82, 2.24) is 14.8 Å². The van der Waals surface area contributed by atoms with Crippen molar-refractivity contribution >= 4 is 11.9 Å². The molecule has 0 radical (unpaired) electrons. The second-order valence-corrected chi connectivity index (χ2v) is 4.40. The standard InChI is InChI=1S/C13H14N4O3/c1-19-8-3-4-9(11(5-8)20-2)10-6-12(18)16-13-14-7-15-17(10)13/h3-5,7,10H,6H2,1-2H3,(H,14,15,16,18)/t10-/m1/s1. The molecular weight excluding hydrogens is 260 g/mol. The average molecular weight is 274 g/mol. The van der Waals surface area contributed by atoms with E-state index in [0.29, 0.717) is 23.9 Å². The zero-order valence-corrected chi connectivity index (χ0v) is 11.2. The van der Waals surface area contributed by atoms with Crippen molar-refractivity contribution in [3.63, 3.8) is 0 Å². The maximum atomic E-state index is 11.8. The average Bonchev–Trinajstić information content (AvgIpc) is 2.93. The Hall–Kier alpha value is -2.57. The van der Waals surface area contributed by atoms with Gasteiger partial charge in [0.15, 0.2) is 0 Å². The quantitative estimate of drug-likeness (QED) is 0.910. The van der Waals surface area contributed by atoms with E-state index in [1.54, 1.807) is 25.0 Å². The minimum Gasteiger partial charge on any atom is -0.497 e. The Bertz CT molecular complexity index is 653. The van der Waals surface area contributed by atoms with Crippen molar-refractivity contribution in [2.75, 3.05) is 19.5 Å². The van der Waals surface area contributed by atoms with Crippen LogP contribution < -0.4 is 14.8 Å².